The van der Waals surface area contributed by atoms with Gasteiger partial charge in [-0.15, -0.1) is 0 Å². The minimum atomic E-state index is -0.862. The molecule has 3 amide bonds. The number of benzene rings is 1. The van der Waals surface area contributed by atoms with Crippen molar-refractivity contribution in [3.8, 4) is 0 Å². The van der Waals surface area contributed by atoms with Gasteiger partial charge in [-0.25, -0.2) is 4.79 Å². The zero-order chi connectivity index (χ0) is 31.4. The molecule has 1 heterocycles. The third-order valence-corrected chi connectivity index (χ3v) is 8.56. The Morgan fingerprint density at radius 3 is 2.31 bits per heavy atom. The summed E-state index contributed by atoms with van der Waals surface area (Å²) in [6.07, 6.45) is 1.46. The summed E-state index contributed by atoms with van der Waals surface area (Å²) in [7, 11) is 6.06. The molecule has 2 rings (SSSR count). The van der Waals surface area contributed by atoms with Gasteiger partial charge in [0.1, 0.15) is 6.04 Å². The topological polar surface area (TPSA) is 141 Å². The summed E-state index contributed by atoms with van der Waals surface area (Å²) in [4.78, 5) is 55.5. The molecule has 1 aromatic carbocycles. The molecule has 236 valence electrons. The number of likely N-dealkylation sites (N-methyl/N-ethyl adjacent to an activating group) is 1. The van der Waals surface area contributed by atoms with Crippen LogP contribution < -0.4 is 11.1 Å². The number of nitrogens with one attached hydrogen (secondary N) is 1. The number of rotatable bonds is 16. The van der Waals surface area contributed by atoms with Gasteiger partial charge < -0.3 is 35.1 Å². The van der Waals surface area contributed by atoms with E-state index < -0.39 is 30.1 Å². The van der Waals surface area contributed by atoms with E-state index in [9.17, 15) is 19.2 Å². The summed E-state index contributed by atoms with van der Waals surface area (Å²) < 4.78 is 16.6. The van der Waals surface area contributed by atoms with E-state index in [1.165, 1.54) is 14.2 Å². The molecular weight excluding hydrogens is 540 g/mol. The molecular formula is C31H50N4O7. The maximum Gasteiger partial charge on any atom is 0.328 e. The highest BCUT2D eigenvalue weighted by Crippen LogP contribution is 2.29. The van der Waals surface area contributed by atoms with Crippen LogP contribution in [0, 0.1) is 11.8 Å². The van der Waals surface area contributed by atoms with Gasteiger partial charge in [0.2, 0.25) is 17.7 Å². The number of esters is 1. The Morgan fingerprint density at radius 2 is 1.76 bits per heavy atom. The lowest BCUT2D eigenvalue weighted by Crippen LogP contribution is -2.54. The lowest BCUT2D eigenvalue weighted by Gasteiger charge is -2.39. The average Bonchev–Trinajstić information content (AvgIpc) is 3.49. The summed E-state index contributed by atoms with van der Waals surface area (Å²) in [6, 6.07) is 7.86. The molecule has 1 aromatic rings. The molecule has 0 bridgehead atoms. The summed E-state index contributed by atoms with van der Waals surface area (Å²) in [5.41, 5.74) is 6.52. The minimum Gasteiger partial charge on any atom is -0.467 e. The molecule has 1 saturated heterocycles. The molecule has 0 saturated carbocycles. The molecule has 42 heavy (non-hydrogen) atoms. The fourth-order valence-corrected chi connectivity index (χ4v) is 5.96. The van der Waals surface area contributed by atoms with Crippen LogP contribution in [0.1, 0.15) is 52.0 Å². The van der Waals surface area contributed by atoms with Crippen molar-refractivity contribution < 1.29 is 33.4 Å². The smallest absolute Gasteiger partial charge is 0.328 e. The maximum absolute atomic E-state index is 13.7. The van der Waals surface area contributed by atoms with Gasteiger partial charge in [-0.05, 0) is 24.3 Å². The molecule has 0 aromatic heterocycles. The predicted molar refractivity (Wildman–Crippen MR) is 159 cm³/mol. The van der Waals surface area contributed by atoms with Crippen LogP contribution in [0.25, 0.3) is 0 Å². The Balaban J connectivity index is 2.19. The first kappa shape index (κ1) is 35.2. The first-order valence-electron chi connectivity index (χ1n) is 14.8. The summed E-state index contributed by atoms with van der Waals surface area (Å²) >= 11 is 0. The van der Waals surface area contributed by atoms with Gasteiger partial charge in [-0.1, -0.05) is 57.5 Å². The van der Waals surface area contributed by atoms with E-state index in [0.29, 0.717) is 13.0 Å². The summed E-state index contributed by atoms with van der Waals surface area (Å²) in [5, 5.41) is 2.84. The van der Waals surface area contributed by atoms with E-state index in [2.05, 4.69) is 5.32 Å². The van der Waals surface area contributed by atoms with Crippen LogP contribution in [0.4, 0.5) is 0 Å². The van der Waals surface area contributed by atoms with Crippen molar-refractivity contribution in [3.63, 3.8) is 0 Å². The number of hydrogen-bond acceptors (Lipinski definition) is 8. The Morgan fingerprint density at radius 1 is 1.10 bits per heavy atom. The van der Waals surface area contributed by atoms with Crippen molar-refractivity contribution in [2.45, 2.75) is 83.2 Å². The minimum absolute atomic E-state index is 0.0721. The lowest BCUT2D eigenvalue weighted by molar-refractivity contribution is -0.148. The number of likely N-dealkylation sites (tertiary alicyclic amines) is 1. The number of nitrogens with zero attached hydrogens (tertiary/aromatic N) is 2. The molecule has 11 heteroatoms. The Kier molecular flexibility index (Phi) is 14.4. The highest BCUT2D eigenvalue weighted by Gasteiger charge is 2.42. The number of carbonyl (C=O) groups excluding carboxylic acids is 4. The van der Waals surface area contributed by atoms with Gasteiger partial charge in [0, 0.05) is 34.2 Å². The quantitative estimate of drug-likeness (QED) is 0.278. The van der Waals surface area contributed by atoms with E-state index >= 15 is 0 Å². The van der Waals surface area contributed by atoms with Crippen LogP contribution in [0.5, 0.6) is 0 Å². The summed E-state index contributed by atoms with van der Waals surface area (Å²) in [6.45, 7) is 6.20. The van der Waals surface area contributed by atoms with Crippen LogP contribution in [0.3, 0.4) is 0 Å². The number of carbonyl (C=O) groups is 4. The molecule has 1 fully saturated rings. The van der Waals surface area contributed by atoms with Crippen LogP contribution in [0.2, 0.25) is 0 Å². The number of hydrogen-bond donors (Lipinski definition) is 2. The third kappa shape index (κ3) is 8.99. The Bertz CT molecular complexity index is 1020. The number of ether oxygens (including phenoxy) is 3. The van der Waals surface area contributed by atoms with Gasteiger partial charge in [0.25, 0.3) is 0 Å². The molecule has 7 unspecified atom stereocenters. The zero-order valence-electron chi connectivity index (χ0n) is 26.2. The third-order valence-electron chi connectivity index (χ3n) is 8.56. The van der Waals surface area contributed by atoms with Crippen molar-refractivity contribution in [2.75, 3.05) is 41.5 Å². The maximum atomic E-state index is 13.7. The second-order valence-corrected chi connectivity index (χ2v) is 11.1. The first-order valence-corrected chi connectivity index (χ1v) is 14.8. The monoisotopic (exact) mass is 590 g/mol. The molecule has 11 nitrogen and oxygen atoms in total. The number of nitrogens with two attached hydrogens (primary N) is 1. The van der Waals surface area contributed by atoms with Crippen molar-refractivity contribution >= 4 is 23.7 Å². The van der Waals surface area contributed by atoms with Crippen LogP contribution in [0.15, 0.2) is 30.3 Å². The van der Waals surface area contributed by atoms with E-state index in [0.717, 1.165) is 18.4 Å². The van der Waals surface area contributed by atoms with E-state index in [1.54, 1.807) is 30.9 Å². The standard InChI is InChI=1S/C31H50N4O7/c1-8-20(2)28(34(4)27(37)19-32)25(40-5)18-26(36)35-16-12-15-24(35)29(41-6)21(3)30(38)33-23(31(39)42-7)17-22-13-10-9-11-14-22/h9-11,13-14,20-21,23-25,28-29H,8,12,15-19,32H2,1-7H3,(H,33,38). The van der Waals surface area contributed by atoms with Gasteiger partial charge in [0.05, 0.1) is 50.3 Å². The fourth-order valence-electron chi connectivity index (χ4n) is 5.96. The molecule has 0 spiro atoms. The summed E-state index contributed by atoms with van der Waals surface area (Å²) in [5.74, 6) is -1.82. The number of amides is 3. The highest BCUT2D eigenvalue weighted by molar-refractivity contribution is 5.86. The second kappa shape index (κ2) is 17.2. The van der Waals surface area contributed by atoms with Crippen LogP contribution >= 0.6 is 0 Å². The highest BCUT2D eigenvalue weighted by atomic mass is 16.5. The van der Waals surface area contributed by atoms with Crippen molar-refractivity contribution in [1.82, 2.24) is 15.1 Å². The molecule has 3 N–H and O–H groups in total. The normalized spacial score (nSPS) is 19.2. The van der Waals surface area contributed by atoms with Gasteiger partial charge in [-0.2, -0.15) is 0 Å². The van der Waals surface area contributed by atoms with Gasteiger partial charge in [0.15, 0.2) is 0 Å². The van der Waals surface area contributed by atoms with Crippen molar-refractivity contribution in [2.24, 2.45) is 17.6 Å². The average molecular weight is 591 g/mol. The SMILES string of the molecule is CCC(C)C(C(CC(=O)N1CCCC1C(OC)C(C)C(=O)NC(Cc1ccccc1)C(=O)OC)OC)N(C)C(=O)CN. The first-order chi connectivity index (χ1) is 20.0. The van der Waals surface area contributed by atoms with Crippen LogP contribution in [-0.4, -0.2) is 105 Å². The van der Waals surface area contributed by atoms with Gasteiger partial charge in [-0.3, -0.25) is 14.4 Å². The van der Waals surface area contributed by atoms with Gasteiger partial charge >= 0.3 is 5.97 Å². The molecule has 1 aliphatic rings. The zero-order valence-corrected chi connectivity index (χ0v) is 26.2. The van der Waals surface area contributed by atoms with Crippen LogP contribution in [-0.2, 0) is 39.8 Å². The van der Waals surface area contributed by atoms with E-state index in [-0.39, 0.29) is 55.1 Å². The Hall–Kier alpha value is -3.02. The predicted octanol–water partition coefficient (Wildman–Crippen LogP) is 1.77. The second-order valence-electron chi connectivity index (χ2n) is 11.1. The van der Waals surface area contributed by atoms with E-state index in [1.807, 2.05) is 44.2 Å². The van der Waals surface area contributed by atoms with Crippen molar-refractivity contribution in [3.05, 3.63) is 35.9 Å². The fraction of sp³-hybridized carbons (Fsp3) is 0.677. The lowest BCUT2D eigenvalue weighted by atomic mass is 9.90. The molecule has 0 aliphatic carbocycles. The Labute approximate surface area is 250 Å². The molecule has 7 atom stereocenters. The number of methoxy groups -OCH3 is 3. The molecule has 0 radical (unpaired) electrons. The molecule has 1 aliphatic heterocycles. The largest absolute Gasteiger partial charge is 0.467 e. The van der Waals surface area contributed by atoms with E-state index in [4.69, 9.17) is 19.9 Å². The van der Waals surface area contributed by atoms with Crippen molar-refractivity contribution in [1.29, 1.82) is 0 Å².